The van der Waals surface area contributed by atoms with Crippen LogP contribution >= 0.6 is 0 Å². The molecule has 0 radical (unpaired) electrons. The van der Waals surface area contributed by atoms with Crippen molar-refractivity contribution in [2.24, 2.45) is 0 Å². The zero-order chi connectivity index (χ0) is 8.97. The first-order valence-electron chi connectivity index (χ1n) is 3.52. The van der Waals surface area contributed by atoms with Gasteiger partial charge >= 0.3 is 0 Å². The predicted octanol–water partition coefficient (Wildman–Crippen LogP) is 0.836. The average molecular weight is 162 g/mol. The first-order valence-corrected chi connectivity index (χ1v) is 3.52. The van der Waals surface area contributed by atoms with Crippen LogP contribution in [0.5, 0.6) is 0 Å². The normalized spacial score (nSPS) is 10.9. The molecule has 1 heterocycles. The van der Waals surface area contributed by atoms with Crippen LogP contribution in [-0.4, -0.2) is 29.2 Å². The van der Waals surface area contributed by atoms with Gasteiger partial charge in [0.05, 0.1) is 11.3 Å². The van der Waals surface area contributed by atoms with Gasteiger partial charge in [0.1, 0.15) is 6.07 Å². The zero-order valence-corrected chi connectivity index (χ0v) is 7.07. The molecule has 62 valence electrons. The smallest absolute Gasteiger partial charge is 0.103 e. The Hall–Kier alpha value is -1.76. The van der Waals surface area contributed by atoms with Crippen molar-refractivity contribution in [1.82, 2.24) is 15.1 Å². The van der Waals surface area contributed by atoms with Crippen molar-refractivity contribution in [2.45, 2.75) is 0 Å². The highest BCUT2D eigenvalue weighted by molar-refractivity contribution is 5.73. The van der Waals surface area contributed by atoms with Gasteiger partial charge in [-0.15, -0.1) is 0 Å². The minimum atomic E-state index is 0.581. The van der Waals surface area contributed by atoms with Crippen molar-refractivity contribution < 1.29 is 0 Å². The SMILES string of the molecule is CN(C)C=C(C#N)c1ccn[nH]1. The number of aromatic amines is 1. The van der Waals surface area contributed by atoms with Gasteiger partial charge in [0.15, 0.2) is 0 Å². The highest BCUT2D eigenvalue weighted by Gasteiger charge is 2.00. The Labute approximate surface area is 71.1 Å². The van der Waals surface area contributed by atoms with Crippen molar-refractivity contribution in [3.05, 3.63) is 24.2 Å². The van der Waals surface area contributed by atoms with E-state index in [0.29, 0.717) is 5.57 Å². The monoisotopic (exact) mass is 162 g/mol. The van der Waals surface area contributed by atoms with Gasteiger partial charge in [-0.1, -0.05) is 0 Å². The van der Waals surface area contributed by atoms with Crippen LogP contribution in [0.2, 0.25) is 0 Å². The molecule has 0 spiro atoms. The molecular weight excluding hydrogens is 152 g/mol. The van der Waals surface area contributed by atoms with E-state index in [1.165, 1.54) is 0 Å². The number of hydrogen-bond donors (Lipinski definition) is 1. The van der Waals surface area contributed by atoms with Crippen LogP contribution in [0.3, 0.4) is 0 Å². The van der Waals surface area contributed by atoms with E-state index in [2.05, 4.69) is 16.3 Å². The van der Waals surface area contributed by atoms with E-state index in [-0.39, 0.29) is 0 Å². The van der Waals surface area contributed by atoms with Gasteiger partial charge in [0, 0.05) is 26.5 Å². The van der Waals surface area contributed by atoms with Crippen molar-refractivity contribution in [3.8, 4) is 6.07 Å². The average Bonchev–Trinajstić information content (AvgIpc) is 2.51. The molecule has 0 amide bonds. The van der Waals surface area contributed by atoms with Gasteiger partial charge < -0.3 is 4.90 Å². The summed E-state index contributed by atoms with van der Waals surface area (Å²) in [6.45, 7) is 0. The van der Waals surface area contributed by atoms with Gasteiger partial charge in [-0.05, 0) is 6.07 Å². The Balaban J connectivity index is 2.93. The minimum Gasteiger partial charge on any atom is -0.382 e. The third kappa shape index (κ3) is 1.86. The number of allylic oxidation sites excluding steroid dienone is 1. The van der Waals surface area contributed by atoms with Crippen LogP contribution in [0.1, 0.15) is 5.69 Å². The van der Waals surface area contributed by atoms with Gasteiger partial charge in [0.2, 0.25) is 0 Å². The van der Waals surface area contributed by atoms with Crippen LogP contribution in [0.4, 0.5) is 0 Å². The van der Waals surface area contributed by atoms with Crippen LogP contribution < -0.4 is 0 Å². The minimum absolute atomic E-state index is 0.581. The number of aromatic nitrogens is 2. The predicted molar refractivity (Wildman–Crippen MR) is 45.9 cm³/mol. The first kappa shape index (κ1) is 8.34. The summed E-state index contributed by atoms with van der Waals surface area (Å²) in [5, 5.41) is 15.2. The maximum absolute atomic E-state index is 8.75. The lowest BCUT2D eigenvalue weighted by Gasteiger charge is -2.04. The number of nitrogens with one attached hydrogen (secondary N) is 1. The van der Waals surface area contributed by atoms with Gasteiger partial charge in [-0.25, -0.2) is 0 Å². The molecule has 1 rings (SSSR count). The lowest BCUT2D eigenvalue weighted by Crippen LogP contribution is -2.02. The van der Waals surface area contributed by atoms with Crippen molar-refractivity contribution in [1.29, 1.82) is 5.26 Å². The zero-order valence-electron chi connectivity index (χ0n) is 7.07. The Morgan fingerprint density at radius 2 is 2.50 bits per heavy atom. The summed E-state index contributed by atoms with van der Waals surface area (Å²) >= 11 is 0. The van der Waals surface area contributed by atoms with Crippen LogP contribution in [0, 0.1) is 11.3 Å². The molecule has 0 aliphatic heterocycles. The summed E-state index contributed by atoms with van der Waals surface area (Å²) in [7, 11) is 3.74. The molecule has 4 heteroatoms. The molecule has 0 aliphatic carbocycles. The number of hydrogen-bond acceptors (Lipinski definition) is 3. The van der Waals surface area contributed by atoms with E-state index in [9.17, 15) is 0 Å². The van der Waals surface area contributed by atoms with Crippen molar-refractivity contribution in [2.75, 3.05) is 14.1 Å². The molecule has 0 aromatic carbocycles. The number of nitrogens with zero attached hydrogens (tertiary/aromatic N) is 3. The van der Waals surface area contributed by atoms with E-state index >= 15 is 0 Å². The maximum Gasteiger partial charge on any atom is 0.103 e. The molecule has 0 saturated carbocycles. The molecule has 0 bridgehead atoms. The first-order chi connectivity index (χ1) is 5.74. The highest BCUT2D eigenvalue weighted by atomic mass is 15.1. The highest BCUT2D eigenvalue weighted by Crippen LogP contribution is 2.08. The second-order valence-electron chi connectivity index (χ2n) is 2.59. The summed E-state index contributed by atoms with van der Waals surface area (Å²) in [6, 6.07) is 3.85. The number of rotatable bonds is 2. The fraction of sp³-hybridized carbons (Fsp3) is 0.250. The van der Waals surface area contributed by atoms with E-state index < -0.39 is 0 Å². The van der Waals surface area contributed by atoms with Crippen LogP contribution in [-0.2, 0) is 0 Å². The number of nitriles is 1. The van der Waals surface area contributed by atoms with Crippen molar-refractivity contribution >= 4 is 5.57 Å². The Kier molecular flexibility index (Phi) is 2.49. The van der Waals surface area contributed by atoms with Gasteiger partial charge in [-0.2, -0.15) is 10.4 Å². The summed E-state index contributed by atoms with van der Waals surface area (Å²) in [4.78, 5) is 1.82. The van der Waals surface area contributed by atoms with Gasteiger partial charge in [0.25, 0.3) is 0 Å². The van der Waals surface area contributed by atoms with Crippen molar-refractivity contribution in [3.63, 3.8) is 0 Å². The fourth-order valence-electron chi connectivity index (χ4n) is 0.823. The quantitative estimate of drug-likeness (QED) is 0.655. The molecule has 0 unspecified atom stereocenters. The molecule has 0 saturated heterocycles. The molecule has 4 nitrogen and oxygen atoms in total. The molecule has 0 fully saturated rings. The lowest BCUT2D eigenvalue weighted by molar-refractivity contribution is 0.566. The van der Waals surface area contributed by atoms with E-state index in [0.717, 1.165) is 5.69 Å². The third-order valence-electron chi connectivity index (χ3n) is 1.30. The topological polar surface area (TPSA) is 55.7 Å². The van der Waals surface area contributed by atoms with E-state index in [1.54, 1.807) is 18.5 Å². The third-order valence-corrected chi connectivity index (χ3v) is 1.30. The molecule has 1 aromatic rings. The molecule has 0 aliphatic rings. The second kappa shape index (κ2) is 3.58. The van der Waals surface area contributed by atoms with E-state index in [1.807, 2.05) is 19.0 Å². The standard InChI is InChI=1S/C8H10N4/c1-12(2)6-7(5-9)8-3-4-10-11-8/h3-4,6H,1-2H3,(H,10,11). The summed E-state index contributed by atoms with van der Waals surface area (Å²) in [5.41, 5.74) is 1.32. The molecule has 12 heavy (non-hydrogen) atoms. The summed E-state index contributed by atoms with van der Waals surface area (Å²) < 4.78 is 0. The Bertz CT molecular complexity index is 302. The molecule has 1 aromatic heterocycles. The summed E-state index contributed by atoms with van der Waals surface area (Å²) in [5.74, 6) is 0. The second-order valence-corrected chi connectivity index (χ2v) is 2.59. The number of H-pyrrole nitrogens is 1. The molecule has 1 N–H and O–H groups in total. The lowest BCUT2D eigenvalue weighted by atomic mass is 10.2. The largest absolute Gasteiger partial charge is 0.382 e. The fourth-order valence-corrected chi connectivity index (χ4v) is 0.823. The van der Waals surface area contributed by atoms with Crippen LogP contribution in [0.25, 0.3) is 5.57 Å². The Morgan fingerprint density at radius 1 is 1.75 bits per heavy atom. The summed E-state index contributed by atoms with van der Waals surface area (Å²) in [6.07, 6.45) is 3.36. The van der Waals surface area contributed by atoms with Crippen LogP contribution in [0.15, 0.2) is 18.5 Å². The molecule has 0 atom stereocenters. The maximum atomic E-state index is 8.75. The molecular formula is C8H10N4. The Morgan fingerprint density at radius 3 is 2.92 bits per heavy atom. The van der Waals surface area contributed by atoms with E-state index in [4.69, 9.17) is 5.26 Å². The van der Waals surface area contributed by atoms with Gasteiger partial charge in [-0.3, -0.25) is 5.10 Å².